The molecule has 0 amide bonds. The minimum atomic E-state index is -0.0853. The van der Waals surface area contributed by atoms with E-state index in [4.69, 9.17) is 11.6 Å². The van der Waals surface area contributed by atoms with Gasteiger partial charge in [0.25, 0.3) is 5.91 Å². The van der Waals surface area contributed by atoms with Crippen LogP contribution in [0.5, 0.6) is 0 Å². The molecule has 90 valence electrons. The van der Waals surface area contributed by atoms with Gasteiger partial charge >= 0.3 is 0 Å². The molecule has 1 aromatic carbocycles. The van der Waals surface area contributed by atoms with Gasteiger partial charge in [-0.3, -0.25) is 4.79 Å². The van der Waals surface area contributed by atoms with Gasteiger partial charge in [-0.15, -0.1) is 11.6 Å². The zero-order valence-electron chi connectivity index (χ0n) is 9.51. The van der Waals surface area contributed by atoms with Crippen molar-refractivity contribution < 1.29 is 4.79 Å². The summed E-state index contributed by atoms with van der Waals surface area (Å²) >= 11 is 5.76. The van der Waals surface area contributed by atoms with Crippen molar-refractivity contribution in [3.8, 4) is 11.1 Å². The first-order chi connectivity index (χ1) is 8.79. The van der Waals surface area contributed by atoms with Crippen molar-refractivity contribution in [2.24, 2.45) is 4.99 Å². The molecule has 0 saturated heterocycles. The summed E-state index contributed by atoms with van der Waals surface area (Å²) in [5, 5.41) is 4.10. The number of carbonyl (C=O) groups is 1. The second-order valence-corrected chi connectivity index (χ2v) is 4.31. The normalized spacial score (nSPS) is 14.3. The fraction of sp³-hybridized carbons (Fsp3) is 0.154. The third kappa shape index (κ3) is 1.75. The summed E-state index contributed by atoms with van der Waals surface area (Å²) in [6.07, 6.45) is 1.91. The lowest BCUT2D eigenvalue weighted by molar-refractivity contribution is 0.0906. The number of fused-ring (bicyclic) bond motifs is 1. The number of aliphatic imine (C=N–C) groups is 1. The Hall–Kier alpha value is -1.94. The van der Waals surface area contributed by atoms with E-state index in [0.29, 0.717) is 11.5 Å². The van der Waals surface area contributed by atoms with Crippen LogP contribution in [-0.4, -0.2) is 27.3 Å². The van der Waals surface area contributed by atoms with Crippen molar-refractivity contribution in [2.45, 2.75) is 6.42 Å². The van der Waals surface area contributed by atoms with Crippen LogP contribution >= 0.6 is 11.6 Å². The van der Waals surface area contributed by atoms with Crippen LogP contribution in [0.4, 0.5) is 5.82 Å². The minimum absolute atomic E-state index is 0.0853. The molecular formula is C13H10ClN3O. The van der Waals surface area contributed by atoms with E-state index in [0.717, 1.165) is 11.1 Å². The summed E-state index contributed by atoms with van der Waals surface area (Å²) in [7, 11) is 0. The molecule has 0 fully saturated rings. The highest BCUT2D eigenvalue weighted by molar-refractivity contribution is 6.31. The molecule has 5 heteroatoms. The van der Waals surface area contributed by atoms with Crippen molar-refractivity contribution >= 4 is 29.0 Å². The molecule has 0 saturated carbocycles. The molecule has 0 N–H and O–H groups in total. The monoisotopic (exact) mass is 259 g/mol. The number of benzene rings is 1. The maximum Gasteiger partial charge on any atom is 0.254 e. The lowest BCUT2D eigenvalue weighted by Crippen LogP contribution is -2.21. The Morgan fingerprint density at radius 1 is 1.28 bits per heavy atom. The molecule has 4 nitrogen and oxygen atoms in total. The smallest absolute Gasteiger partial charge is 0.254 e. The van der Waals surface area contributed by atoms with E-state index < -0.39 is 0 Å². The molecule has 1 aliphatic heterocycles. The van der Waals surface area contributed by atoms with Crippen LogP contribution in [0.25, 0.3) is 11.1 Å². The maximum absolute atomic E-state index is 11.9. The lowest BCUT2D eigenvalue weighted by atomic mass is 10.1. The van der Waals surface area contributed by atoms with E-state index in [-0.39, 0.29) is 18.2 Å². The van der Waals surface area contributed by atoms with Gasteiger partial charge in [0.05, 0.1) is 18.5 Å². The predicted octanol–water partition coefficient (Wildman–Crippen LogP) is 2.91. The molecule has 18 heavy (non-hydrogen) atoms. The third-order valence-corrected chi connectivity index (χ3v) is 3.15. The predicted molar refractivity (Wildman–Crippen MR) is 70.7 cm³/mol. The van der Waals surface area contributed by atoms with Gasteiger partial charge in [-0.1, -0.05) is 30.3 Å². The Labute approximate surface area is 109 Å². The number of aromatic nitrogens is 2. The first-order valence-corrected chi connectivity index (χ1v) is 6.12. The molecule has 0 radical (unpaired) electrons. The summed E-state index contributed by atoms with van der Waals surface area (Å²) in [6.45, 7) is 0. The van der Waals surface area contributed by atoms with Crippen LogP contribution in [0.15, 0.2) is 41.5 Å². The fourth-order valence-electron chi connectivity index (χ4n) is 1.97. The Morgan fingerprint density at radius 2 is 2.06 bits per heavy atom. The largest absolute Gasteiger partial charge is 0.272 e. The van der Waals surface area contributed by atoms with Gasteiger partial charge in [-0.25, -0.2) is 4.99 Å². The van der Waals surface area contributed by atoms with Crippen molar-refractivity contribution in [2.75, 3.05) is 5.88 Å². The van der Waals surface area contributed by atoms with Crippen LogP contribution in [0.1, 0.15) is 11.2 Å². The number of rotatable bonds is 2. The van der Waals surface area contributed by atoms with E-state index >= 15 is 0 Å². The molecule has 2 aromatic rings. The molecule has 1 aliphatic rings. The highest BCUT2D eigenvalue weighted by Gasteiger charge is 2.23. The summed E-state index contributed by atoms with van der Waals surface area (Å²) in [4.78, 5) is 16.3. The highest BCUT2D eigenvalue weighted by Crippen LogP contribution is 2.32. The Balaban J connectivity index is 2.16. The molecule has 0 aliphatic carbocycles. The Kier molecular flexibility index (Phi) is 2.72. The van der Waals surface area contributed by atoms with Gasteiger partial charge < -0.3 is 0 Å². The van der Waals surface area contributed by atoms with Crippen LogP contribution in [0, 0.1) is 0 Å². The molecule has 0 spiro atoms. The van der Waals surface area contributed by atoms with E-state index in [1.165, 1.54) is 4.68 Å². The van der Waals surface area contributed by atoms with E-state index in [9.17, 15) is 4.79 Å². The van der Waals surface area contributed by atoms with E-state index in [2.05, 4.69) is 10.1 Å². The summed E-state index contributed by atoms with van der Waals surface area (Å²) in [6, 6.07) is 9.75. The summed E-state index contributed by atoms with van der Waals surface area (Å²) in [5.74, 6) is 0.761. The Morgan fingerprint density at radius 3 is 2.78 bits per heavy atom. The SMILES string of the molecule is O=C1CC(CCl)=Nc2c(-c3ccccc3)cnn21. The number of nitrogens with zero attached hydrogens (tertiary/aromatic N) is 3. The zero-order chi connectivity index (χ0) is 12.5. The molecule has 0 atom stereocenters. The van der Waals surface area contributed by atoms with Crippen LogP contribution in [0.2, 0.25) is 0 Å². The van der Waals surface area contributed by atoms with E-state index in [1.807, 2.05) is 30.3 Å². The third-order valence-electron chi connectivity index (χ3n) is 2.84. The van der Waals surface area contributed by atoms with Gasteiger partial charge in [0, 0.05) is 11.3 Å². The van der Waals surface area contributed by atoms with Crippen LogP contribution < -0.4 is 0 Å². The van der Waals surface area contributed by atoms with Crippen molar-refractivity contribution in [1.29, 1.82) is 0 Å². The minimum Gasteiger partial charge on any atom is -0.272 e. The number of halogens is 1. The maximum atomic E-state index is 11.9. The number of hydrogen-bond donors (Lipinski definition) is 0. The molecule has 0 bridgehead atoms. The summed E-state index contributed by atoms with van der Waals surface area (Å²) < 4.78 is 1.35. The van der Waals surface area contributed by atoms with Crippen LogP contribution in [0.3, 0.4) is 0 Å². The number of hydrogen-bond acceptors (Lipinski definition) is 3. The first kappa shape index (κ1) is 11.2. The molecule has 2 heterocycles. The molecular weight excluding hydrogens is 250 g/mol. The van der Waals surface area contributed by atoms with Crippen molar-refractivity contribution in [3.63, 3.8) is 0 Å². The lowest BCUT2D eigenvalue weighted by Gasteiger charge is -2.12. The Bertz CT molecular complexity index is 631. The highest BCUT2D eigenvalue weighted by atomic mass is 35.5. The van der Waals surface area contributed by atoms with Gasteiger partial charge in [0.1, 0.15) is 0 Å². The quantitative estimate of drug-likeness (QED) is 0.779. The van der Waals surface area contributed by atoms with Gasteiger partial charge in [-0.05, 0) is 5.56 Å². The first-order valence-electron chi connectivity index (χ1n) is 5.58. The van der Waals surface area contributed by atoms with Gasteiger partial charge in [0.15, 0.2) is 5.82 Å². The standard InChI is InChI=1S/C13H10ClN3O/c14-7-10-6-12(18)17-13(16-10)11(8-15-17)9-4-2-1-3-5-9/h1-5,8H,6-7H2. The van der Waals surface area contributed by atoms with Gasteiger partial charge in [-0.2, -0.15) is 9.78 Å². The van der Waals surface area contributed by atoms with Crippen molar-refractivity contribution in [1.82, 2.24) is 9.78 Å². The zero-order valence-corrected chi connectivity index (χ0v) is 10.3. The fourth-order valence-corrected chi connectivity index (χ4v) is 2.12. The molecule has 3 rings (SSSR count). The number of carbonyl (C=O) groups excluding carboxylic acids is 1. The molecule has 0 unspecified atom stereocenters. The second kappa shape index (κ2) is 4.38. The summed E-state index contributed by atoms with van der Waals surface area (Å²) in [5.41, 5.74) is 2.53. The van der Waals surface area contributed by atoms with E-state index in [1.54, 1.807) is 6.20 Å². The second-order valence-electron chi connectivity index (χ2n) is 4.04. The average Bonchev–Trinajstić information content (AvgIpc) is 2.84. The topological polar surface area (TPSA) is 47.2 Å². The molecule has 1 aromatic heterocycles. The number of alkyl halides is 1. The van der Waals surface area contributed by atoms with Gasteiger partial charge in [0.2, 0.25) is 0 Å². The van der Waals surface area contributed by atoms with Crippen LogP contribution in [-0.2, 0) is 0 Å². The average molecular weight is 260 g/mol. The van der Waals surface area contributed by atoms with Crippen molar-refractivity contribution in [3.05, 3.63) is 36.5 Å².